The zero-order valence-corrected chi connectivity index (χ0v) is 14.9. The van der Waals surface area contributed by atoms with E-state index in [9.17, 15) is 5.11 Å². The summed E-state index contributed by atoms with van der Waals surface area (Å²) in [5.41, 5.74) is 1.95. The highest BCUT2D eigenvalue weighted by atomic mass is 28.4. The fraction of sp³-hybridized carbons (Fsp3) is 1.00. The minimum Gasteiger partial charge on any atom is -0.416 e. The Kier molecular flexibility index (Phi) is 6.09. The van der Waals surface area contributed by atoms with Crippen molar-refractivity contribution in [1.82, 2.24) is 0 Å². The van der Waals surface area contributed by atoms with Crippen LogP contribution in [-0.2, 0) is 4.43 Å². The summed E-state index contributed by atoms with van der Waals surface area (Å²) < 4.78 is 6.62. The minimum atomic E-state index is -1.72. The molecule has 0 radical (unpaired) electrons. The SMILES string of the molecule is CC(C)[Si](OC[C@H]1C[C@@H](C)[C@H](O)C1)(C(C)C)C(C)C. The number of rotatable bonds is 6. The molecule has 1 N–H and O–H groups in total. The highest BCUT2D eigenvalue weighted by molar-refractivity contribution is 6.77. The Bertz CT molecular complexity index is 244. The summed E-state index contributed by atoms with van der Waals surface area (Å²) in [5.74, 6) is 1.01. The maximum absolute atomic E-state index is 9.88. The van der Waals surface area contributed by atoms with Gasteiger partial charge in [-0.05, 0) is 41.3 Å². The largest absolute Gasteiger partial charge is 0.416 e. The van der Waals surface area contributed by atoms with Crippen molar-refractivity contribution in [2.75, 3.05) is 6.61 Å². The van der Waals surface area contributed by atoms with Crippen molar-refractivity contribution in [1.29, 1.82) is 0 Å². The van der Waals surface area contributed by atoms with Crippen LogP contribution in [0.25, 0.3) is 0 Å². The van der Waals surface area contributed by atoms with E-state index in [1.807, 2.05) is 0 Å². The third-order valence-corrected chi connectivity index (χ3v) is 11.3. The van der Waals surface area contributed by atoms with E-state index in [0.29, 0.717) is 28.5 Å². The summed E-state index contributed by atoms with van der Waals surface area (Å²) >= 11 is 0. The van der Waals surface area contributed by atoms with Crippen molar-refractivity contribution >= 4 is 8.32 Å². The first-order valence-electron chi connectivity index (χ1n) is 8.03. The fourth-order valence-corrected chi connectivity index (χ4v) is 9.78. The second kappa shape index (κ2) is 6.73. The lowest BCUT2D eigenvalue weighted by Gasteiger charge is -2.42. The van der Waals surface area contributed by atoms with Crippen molar-refractivity contribution < 1.29 is 9.53 Å². The summed E-state index contributed by atoms with van der Waals surface area (Å²) in [5, 5.41) is 9.88. The lowest BCUT2D eigenvalue weighted by Crippen LogP contribution is -2.48. The molecule has 19 heavy (non-hydrogen) atoms. The van der Waals surface area contributed by atoms with E-state index >= 15 is 0 Å². The fourth-order valence-electron chi connectivity index (χ4n) is 4.25. The first-order chi connectivity index (χ1) is 8.71. The molecule has 1 aliphatic carbocycles. The molecule has 0 amide bonds. The molecule has 1 rings (SSSR count). The molecule has 0 heterocycles. The van der Waals surface area contributed by atoms with Gasteiger partial charge in [-0.15, -0.1) is 0 Å². The Morgan fingerprint density at radius 1 is 1.00 bits per heavy atom. The van der Waals surface area contributed by atoms with Crippen LogP contribution in [-0.4, -0.2) is 26.1 Å². The van der Waals surface area contributed by atoms with E-state index in [2.05, 4.69) is 48.5 Å². The molecular formula is C16H34O2Si. The van der Waals surface area contributed by atoms with Gasteiger partial charge >= 0.3 is 0 Å². The summed E-state index contributed by atoms with van der Waals surface area (Å²) in [4.78, 5) is 0. The van der Waals surface area contributed by atoms with Gasteiger partial charge in [-0.25, -0.2) is 0 Å². The molecular weight excluding hydrogens is 252 g/mol. The van der Waals surface area contributed by atoms with Gasteiger partial charge in [-0.2, -0.15) is 0 Å². The van der Waals surface area contributed by atoms with Crippen LogP contribution in [0.1, 0.15) is 61.3 Å². The maximum atomic E-state index is 9.88. The summed E-state index contributed by atoms with van der Waals surface area (Å²) in [6, 6.07) is 0. The highest BCUT2D eigenvalue weighted by Crippen LogP contribution is 2.43. The molecule has 114 valence electrons. The maximum Gasteiger partial charge on any atom is 0.200 e. The first-order valence-corrected chi connectivity index (χ1v) is 10.2. The molecule has 0 aromatic rings. The van der Waals surface area contributed by atoms with Crippen LogP contribution < -0.4 is 0 Å². The lowest BCUT2D eigenvalue weighted by molar-refractivity contribution is 0.135. The highest BCUT2D eigenvalue weighted by Gasteiger charge is 2.45. The number of hydrogen-bond acceptors (Lipinski definition) is 2. The Hall–Kier alpha value is 0.137. The van der Waals surface area contributed by atoms with Gasteiger partial charge < -0.3 is 9.53 Å². The van der Waals surface area contributed by atoms with Gasteiger partial charge in [0, 0.05) is 6.61 Å². The summed E-state index contributed by atoms with van der Waals surface area (Å²) in [6.45, 7) is 17.0. The smallest absolute Gasteiger partial charge is 0.200 e. The van der Waals surface area contributed by atoms with Crippen LogP contribution in [0.4, 0.5) is 0 Å². The molecule has 2 nitrogen and oxygen atoms in total. The van der Waals surface area contributed by atoms with E-state index in [1.165, 1.54) is 0 Å². The third-order valence-electron chi connectivity index (χ3n) is 5.21. The van der Waals surface area contributed by atoms with Crippen molar-refractivity contribution in [3.63, 3.8) is 0 Å². The van der Waals surface area contributed by atoms with Crippen molar-refractivity contribution in [3.8, 4) is 0 Å². The molecule has 0 unspecified atom stereocenters. The molecule has 0 aromatic carbocycles. The predicted molar refractivity (Wildman–Crippen MR) is 84.9 cm³/mol. The van der Waals surface area contributed by atoms with E-state index in [0.717, 1.165) is 19.4 Å². The third kappa shape index (κ3) is 3.62. The van der Waals surface area contributed by atoms with Gasteiger partial charge in [0.1, 0.15) is 0 Å². The molecule has 1 fully saturated rings. The number of hydrogen-bond donors (Lipinski definition) is 1. The molecule has 0 bridgehead atoms. The standard InChI is InChI=1S/C16H34O2Si/c1-11(2)19(12(3)4,13(5)6)18-10-15-8-14(7)16(17)9-15/h11-17H,8-10H2,1-7H3/t14-,15+,16-/m1/s1. The van der Waals surface area contributed by atoms with Gasteiger partial charge in [-0.3, -0.25) is 0 Å². The second-order valence-electron chi connectivity index (χ2n) is 7.51. The minimum absolute atomic E-state index is 0.109. The van der Waals surface area contributed by atoms with E-state index in [4.69, 9.17) is 4.43 Å². The number of aliphatic hydroxyl groups is 1. The average Bonchev–Trinajstić information content (AvgIpc) is 2.57. The molecule has 0 aromatic heterocycles. The van der Waals surface area contributed by atoms with E-state index < -0.39 is 8.32 Å². The van der Waals surface area contributed by atoms with Crippen LogP contribution in [0.3, 0.4) is 0 Å². The van der Waals surface area contributed by atoms with E-state index in [1.54, 1.807) is 0 Å². The van der Waals surface area contributed by atoms with Gasteiger partial charge in [0.25, 0.3) is 0 Å². The zero-order chi connectivity index (χ0) is 14.8. The van der Waals surface area contributed by atoms with Gasteiger partial charge in [0.05, 0.1) is 6.10 Å². The van der Waals surface area contributed by atoms with Crippen molar-refractivity contribution in [2.45, 2.75) is 84.0 Å². The van der Waals surface area contributed by atoms with Gasteiger partial charge in [-0.1, -0.05) is 48.5 Å². The monoisotopic (exact) mass is 286 g/mol. The molecule has 3 atom stereocenters. The van der Waals surface area contributed by atoms with Crippen molar-refractivity contribution in [3.05, 3.63) is 0 Å². The van der Waals surface area contributed by atoms with Crippen LogP contribution in [0.15, 0.2) is 0 Å². The van der Waals surface area contributed by atoms with Gasteiger partial charge in [0.2, 0.25) is 0 Å². The van der Waals surface area contributed by atoms with Crippen LogP contribution in [0, 0.1) is 11.8 Å². The molecule has 3 heteroatoms. The Labute approximate surface area is 121 Å². The predicted octanol–water partition coefficient (Wildman–Crippen LogP) is 4.59. The van der Waals surface area contributed by atoms with Crippen LogP contribution >= 0.6 is 0 Å². The van der Waals surface area contributed by atoms with Crippen LogP contribution in [0.2, 0.25) is 16.6 Å². The Balaban J connectivity index is 2.69. The molecule has 1 saturated carbocycles. The molecule has 0 saturated heterocycles. The first kappa shape index (κ1) is 17.2. The van der Waals surface area contributed by atoms with Crippen molar-refractivity contribution in [2.24, 2.45) is 11.8 Å². The van der Waals surface area contributed by atoms with E-state index in [-0.39, 0.29) is 6.10 Å². The zero-order valence-electron chi connectivity index (χ0n) is 13.9. The molecule has 0 aliphatic heterocycles. The average molecular weight is 287 g/mol. The Morgan fingerprint density at radius 3 is 1.79 bits per heavy atom. The second-order valence-corrected chi connectivity index (χ2v) is 13.0. The van der Waals surface area contributed by atoms with Crippen LogP contribution in [0.5, 0.6) is 0 Å². The normalized spacial score (nSPS) is 28.9. The quantitative estimate of drug-likeness (QED) is 0.724. The molecule has 0 spiro atoms. The number of aliphatic hydroxyl groups excluding tert-OH is 1. The topological polar surface area (TPSA) is 29.5 Å². The lowest BCUT2D eigenvalue weighted by atomic mass is 10.1. The summed E-state index contributed by atoms with van der Waals surface area (Å²) in [7, 11) is -1.72. The molecule has 1 aliphatic rings. The van der Waals surface area contributed by atoms with Gasteiger partial charge in [0.15, 0.2) is 8.32 Å². The summed E-state index contributed by atoms with van der Waals surface area (Å²) in [6.07, 6.45) is 1.95. The Morgan fingerprint density at radius 2 is 1.47 bits per heavy atom.